The van der Waals surface area contributed by atoms with E-state index in [-0.39, 0.29) is 0 Å². The molecule has 0 aliphatic heterocycles. The Morgan fingerprint density at radius 1 is 1.15 bits per heavy atom. The van der Waals surface area contributed by atoms with Crippen molar-refractivity contribution >= 4 is 34.4 Å². The average molecular weight is 403 g/mol. The van der Waals surface area contributed by atoms with Gasteiger partial charge in [0.25, 0.3) is 0 Å². The minimum absolute atomic E-state index is 0.597. The van der Waals surface area contributed by atoms with Crippen LogP contribution in [0.4, 0.5) is 10.8 Å². The second kappa shape index (κ2) is 8.98. The van der Waals surface area contributed by atoms with Crippen LogP contribution >= 0.6 is 23.6 Å². The van der Waals surface area contributed by atoms with Crippen molar-refractivity contribution in [3.8, 4) is 11.5 Å². The van der Waals surface area contributed by atoms with Gasteiger partial charge in [0.15, 0.2) is 3.95 Å². The lowest BCUT2D eigenvalue weighted by molar-refractivity contribution is 0.245. The summed E-state index contributed by atoms with van der Waals surface area (Å²) in [5, 5.41) is 8.61. The van der Waals surface area contributed by atoms with Gasteiger partial charge in [-0.15, -0.1) is 5.10 Å². The number of nitrogens with zero attached hydrogens (tertiary/aromatic N) is 3. The molecular formula is C19H22N4O2S2. The number of hydrogen-bond donors (Lipinski definition) is 1. The lowest BCUT2D eigenvalue weighted by Crippen LogP contribution is -2.22. The maximum absolute atomic E-state index is 5.47. The smallest absolute Gasteiger partial charge is 0.209 e. The molecule has 0 aliphatic carbocycles. The van der Waals surface area contributed by atoms with Crippen LogP contribution in [-0.2, 0) is 13.2 Å². The normalized spacial score (nSPS) is 10.8. The molecular weight excluding hydrogens is 380 g/mol. The molecule has 1 aromatic heterocycles. The summed E-state index contributed by atoms with van der Waals surface area (Å²) in [5.74, 6) is 1.62. The van der Waals surface area contributed by atoms with E-state index in [0.717, 1.165) is 28.9 Å². The number of anilines is 2. The van der Waals surface area contributed by atoms with E-state index in [0.29, 0.717) is 10.6 Å². The average Bonchev–Trinajstić information content (AvgIpc) is 3.01. The summed E-state index contributed by atoms with van der Waals surface area (Å²) in [4.78, 5) is 2.15. The minimum atomic E-state index is 0.597. The minimum Gasteiger partial charge on any atom is -0.497 e. The van der Waals surface area contributed by atoms with Gasteiger partial charge in [-0.3, -0.25) is 4.90 Å². The molecule has 0 saturated heterocycles. The first-order valence-corrected chi connectivity index (χ1v) is 9.61. The van der Waals surface area contributed by atoms with Crippen molar-refractivity contribution in [2.45, 2.75) is 13.2 Å². The molecule has 3 rings (SSSR count). The van der Waals surface area contributed by atoms with Crippen molar-refractivity contribution in [1.29, 1.82) is 0 Å². The van der Waals surface area contributed by atoms with Crippen LogP contribution in [0.2, 0.25) is 0 Å². The zero-order valence-electron chi connectivity index (χ0n) is 15.5. The molecule has 1 heterocycles. The predicted octanol–water partition coefficient (Wildman–Crippen LogP) is 4.52. The van der Waals surface area contributed by atoms with Crippen molar-refractivity contribution in [3.63, 3.8) is 0 Å². The highest BCUT2D eigenvalue weighted by Gasteiger charge is 2.09. The fraction of sp³-hybridized carbons (Fsp3) is 0.263. The summed E-state index contributed by atoms with van der Waals surface area (Å²) in [7, 11) is 5.36. The lowest BCUT2D eigenvalue weighted by atomic mass is 10.2. The third-order valence-electron chi connectivity index (χ3n) is 3.92. The number of rotatable bonds is 8. The number of nitrogens with one attached hydrogen (secondary N) is 1. The summed E-state index contributed by atoms with van der Waals surface area (Å²) in [6.45, 7) is 1.37. The van der Waals surface area contributed by atoms with Crippen molar-refractivity contribution in [2.75, 3.05) is 26.6 Å². The third kappa shape index (κ3) is 5.06. The zero-order chi connectivity index (χ0) is 19.2. The number of ether oxygens (including phenoxy) is 2. The molecule has 0 atom stereocenters. The Morgan fingerprint density at radius 3 is 2.74 bits per heavy atom. The van der Waals surface area contributed by atoms with E-state index >= 15 is 0 Å². The van der Waals surface area contributed by atoms with E-state index in [9.17, 15) is 0 Å². The Balaban J connectivity index is 1.68. The van der Waals surface area contributed by atoms with Crippen LogP contribution in [0.25, 0.3) is 0 Å². The predicted molar refractivity (Wildman–Crippen MR) is 112 cm³/mol. The Bertz CT molecular complexity index is 955. The van der Waals surface area contributed by atoms with Crippen molar-refractivity contribution in [3.05, 3.63) is 58.0 Å². The maximum Gasteiger partial charge on any atom is 0.209 e. The topological polar surface area (TPSA) is 51.5 Å². The van der Waals surface area contributed by atoms with Crippen LogP contribution in [0.15, 0.2) is 48.5 Å². The molecule has 0 bridgehead atoms. The first-order valence-electron chi connectivity index (χ1n) is 8.38. The number of benzene rings is 2. The van der Waals surface area contributed by atoms with Gasteiger partial charge in [0.1, 0.15) is 11.5 Å². The van der Waals surface area contributed by atoms with Crippen LogP contribution in [-0.4, -0.2) is 35.9 Å². The molecule has 1 N–H and O–H groups in total. The molecule has 0 saturated carbocycles. The molecule has 2 aromatic carbocycles. The van der Waals surface area contributed by atoms with Crippen LogP contribution in [0.3, 0.4) is 0 Å². The van der Waals surface area contributed by atoms with Crippen LogP contribution in [0.1, 0.15) is 5.56 Å². The highest BCUT2D eigenvalue weighted by Crippen LogP contribution is 2.28. The summed E-state index contributed by atoms with van der Waals surface area (Å²) in [5.41, 5.74) is 2.03. The van der Waals surface area contributed by atoms with Crippen molar-refractivity contribution in [1.82, 2.24) is 14.7 Å². The molecule has 0 fully saturated rings. The molecule has 8 heteroatoms. The van der Waals surface area contributed by atoms with Gasteiger partial charge in [-0.25, -0.2) is 4.68 Å². The largest absolute Gasteiger partial charge is 0.497 e. The zero-order valence-corrected chi connectivity index (χ0v) is 17.1. The second-order valence-corrected chi connectivity index (χ2v) is 7.63. The van der Waals surface area contributed by atoms with E-state index in [1.54, 1.807) is 14.2 Å². The molecule has 6 nitrogen and oxygen atoms in total. The summed E-state index contributed by atoms with van der Waals surface area (Å²) >= 11 is 6.91. The van der Waals surface area contributed by atoms with E-state index in [1.807, 2.05) is 54.2 Å². The first kappa shape index (κ1) is 19.3. The van der Waals surface area contributed by atoms with Gasteiger partial charge < -0.3 is 14.8 Å². The SMILES string of the molecule is COc1cccc(CN(C)Cn2nc(Nc3ccccc3OC)sc2=S)c1. The van der Waals surface area contributed by atoms with Gasteiger partial charge in [0.2, 0.25) is 5.13 Å². The molecule has 0 spiro atoms. The monoisotopic (exact) mass is 402 g/mol. The molecule has 142 valence electrons. The molecule has 3 aromatic rings. The van der Waals surface area contributed by atoms with Gasteiger partial charge in [-0.05, 0) is 49.1 Å². The molecule has 0 aliphatic rings. The highest BCUT2D eigenvalue weighted by atomic mass is 32.1. The summed E-state index contributed by atoms with van der Waals surface area (Å²) in [6.07, 6.45) is 0. The summed E-state index contributed by atoms with van der Waals surface area (Å²) < 4.78 is 13.2. The number of methoxy groups -OCH3 is 2. The highest BCUT2D eigenvalue weighted by molar-refractivity contribution is 7.73. The Kier molecular flexibility index (Phi) is 6.44. The van der Waals surface area contributed by atoms with Crippen LogP contribution in [0, 0.1) is 3.95 Å². The summed E-state index contributed by atoms with van der Waals surface area (Å²) in [6, 6.07) is 15.8. The number of hydrogen-bond acceptors (Lipinski definition) is 7. The van der Waals surface area contributed by atoms with Crippen molar-refractivity contribution < 1.29 is 9.47 Å². The number of aromatic nitrogens is 2. The third-order valence-corrected chi connectivity index (χ3v) is 5.14. The van der Waals surface area contributed by atoms with E-state index < -0.39 is 0 Å². The van der Waals surface area contributed by atoms with Gasteiger partial charge >= 0.3 is 0 Å². The molecule has 0 amide bonds. The fourth-order valence-corrected chi connectivity index (χ4v) is 3.68. The lowest BCUT2D eigenvalue weighted by Gasteiger charge is -2.17. The standard InChI is InChI=1S/C19H22N4O2S2/c1-22(12-14-7-6-8-15(11-14)24-2)13-23-19(26)27-18(21-23)20-16-9-4-5-10-17(16)25-3/h4-11H,12-13H2,1-3H3,(H,20,21). The van der Waals surface area contributed by atoms with Gasteiger partial charge in [-0.2, -0.15) is 0 Å². The van der Waals surface area contributed by atoms with Gasteiger partial charge in [0, 0.05) is 6.54 Å². The fourth-order valence-electron chi connectivity index (χ4n) is 2.67. The molecule has 27 heavy (non-hydrogen) atoms. The Labute approximate surface area is 168 Å². The van der Waals surface area contributed by atoms with Crippen LogP contribution in [0.5, 0.6) is 11.5 Å². The molecule has 0 radical (unpaired) electrons. The Hall–Kier alpha value is -2.42. The molecule has 0 unspecified atom stereocenters. The first-order chi connectivity index (χ1) is 13.1. The number of para-hydroxylation sites is 2. The second-order valence-electron chi connectivity index (χ2n) is 6.01. The van der Waals surface area contributed by atoms with E-state index in [2.05, 4.69) is 21.4 Å². The van der Waals surface area contributed by atoms with E-state index in [4.69, 9.17) is 21.7 Å². The van der Waals surface area contributed by atoms with E-state index in [1.165, 1.54) is 16.9 Å². The van der Waals surface area contributed by atoms with Gasteiger partial charge in [-0.1, -0.05) is 35.6 Å². The van der Waals surface area contributed by atoms with Crippen molar-refractivity contribution in [2.24, 2.45) is 0 Å². The quantitative estimate of drug-likeness (QED) is 0.559. The Morgan fingerprint density at radius 2 is 1.96 bits per heavy atom. The van der Waals surface area contributed by atoms with Gasteiger partial charge in [0.05, 0.1) is 26.6 Å². The maximum atomic E-state index is 5.47. The van der Waals surface area contributed by atoms with Crippen LogP contribution < -0.4 is 14.8 Å².